The van der Waals surface area contributed by atoms with Crippen LogP contribution >= 0.6 is 0 Å². The molecule has 0 bridgehead atoms. The highest BCUT2D eigenvalue weighted by atomic mass is 32.2. The number of benzene rings is 1. The predicted molar refractivity (Wildman–Crippen MR) is 78.6 cm³/mol. The Kier molecular flexibility index (Phi) is 5.68. The van der Waals surface area contributed by atoms with Crippen molar-refractivity contribution in [3.05, 3.63) is 23.5 Å². The average Bonchev–Trinajstić information content (AvgIpc) is 2.40. The summed E-state index contributed by atoms with van der Waals surface area (Å²) in [5, 5.41) is 2.57. The second-order valence-electron chi connectivity index (χ2n) is 4.75. The lowest BCUT2D eigenvalue weighted by Crippen LogP contribution is -2.44. The molecule has 1 aromatic carbocycles. The topological polar surface area (TPSA) is 101 Å². The van der Waals surface area contributed by atoms with Crippen LogP contribution in [0.1, 0.15) is 25.8 Å². The largest absolute Gasteiger partial charge is 0.398 e. The third kappa shape index (κ3) is 4.40. The Morgan fingerprint density at radius 1 is 1.43 bits per heavy atom. The summed E-state index contributed by atoms with van der Waals surface area (Å²) in [5.41, 5.74) is 5.79. The van der Waals surface area contributed by atoms with Crippen molar-refractivity contribution in [1.82, 2.24) is 10.0 Å². The molecule has 21 heavy (non-hydrogen) atoms. The maximum atomic E-state index is 13.6. The monoisotopic (exact) mass is 317 g/mol. The molecule has 1 rings (SSSR count). The van der Waals surface area contributed by atoms with E-state index in [4.69, 9.17) is 5.73 Å². The molecule has 1 atom stereocenters. The maximum Gasteiger partial charge on any atom is 0.241 e. The van der Waals surface area contributed by atoms with Gasteiger partial charge in [0.15, 0.2) is 0 Å². The maximum absolute atomic E-state index is 13.6. The fraction of sp³-hybridized carbons (Fsp3) is 0.462. The Balaban J connectivity index is 2.94. The van der Waals surface area contributed by atoms with Crippen molar-refractivity contribution in [3.63, 3.8) is 0 Å². The summed E-state index contributed by atoms with van der Waals surface area (Å²) in [6, 6.07) is 1.08. The summed E-state index contributed by atoms with van der Waals surface area (Å²) in [7, 11) is -4.02. The van der Waals surface area contributed by atoms with Gasteiger partial charge in [0.2, 0.25) is 15.9 Å². The number of hydrogen-bond donors (Lipinski definition) is 3. The van der Waals surface area contributed by atoms with Gasteiger partial charge in [0.05, 0.1) is 10.9 Å². The number of sulfonamides is 1. The van der Waals surface area contributed by atoms with Crippen LogP contribution in [0.4, 0.5) is 10.1 Å². The number of nitrogen functional groups attached to an aromatic ring is 1. The molecule has 0 aliphatic heterocycles. The van der Waals surface area contributed by atoms with Gasteiger partial charge in [0.25, 0.3) is 0 Å². The quantitative estimate of drug-likeness (QED) is 0.679. The molecule has 4 N–H and O–H groups in total. The molecule has 1 amide bonds. The van der Waals surface area contributed by atoms with E-state index in [1.165, 1.54) is 13.8 Å². The van der Waals surface area contributed by atoms with E-state index in [1.807, 2.05) is 6.92 Å². The highest BCUT2D eigenvalue weighted by Gasteiger charge is 2.23. The highest BCUT2D eigenvalue weighted by molar-refractivity contribution is 7.89. The fourth-order valence-electron chi connectivity index (χ4n) is 1.58. The lowest BCUT2D eigenvalue weighted by molar-refractivity contribution is -0.122. The minimum absolute atomic E-state index is 0.0402. The molecule has 118 valence electrons. The average molecular weight is 317 g/mol. The van der Waals surface area contributed by atoms with Gasteiger partial charge in [-0.15, -0.1) is 0 Å². The van der Waals surface area contributed by atoms with E-state index in [0.29, 0.717) is 6.54 Å². The van der Waals surface area contributed by atoms with Gasteiger partial charge in [-0.3, -0.25) is 4.79 Å². The van der Waals surface area contributed by atoms with Crippen LogP contribution in [0.3, 0.4) is 0 Å². The van der Waals surface area contributed by atoms with Crippen LogP contribution in [0, 0.1) is 12.7 Å². The summed E-state index contributed by atoms with van der Waals surface area (Å²) >= 11 is 0. The van der Waals surface area contributed by atoms with Crippen LogP contribution < -0.4 is 15.8 Å². The smallest absolute Gasteiger partial charge is 0.241 e. The van der Waals surface area contributed by atoms with Crippen LogP contribution in [0.25, 0.3) is 0 Å². The molecule has 0 fully saturated rings. The first-order chi connectivity index (χ1) is 9.69. The van der Waals surface area contributed by atoms with Crippen molar-refractivity contribution in [3.8, 4) is 0 Å². The SMILES string of the molecule is CCCNC(=O)C(C)NS(=O)(=O)c1cc(N)c(C)c(F)c1. The number of carbonyl (C=O) groups excluding carboxylic acids is 1. The van der Waals surface area contributed by atoms with Crippen molar-refractivity contribution in [1.29, 1.82) is 0 Å². The first kappa shape index (κ1) is 17.4. The van der Waals surface area contributed by atoms with Crippen molar-refractivity contribution >= 4 is 21.6 Å². The van der Waals surface area contributed by atoms with Crippen molar-refractivity contribution in [2.75, 3.05) is 12.3 Å². The molecule has 0 saturated heterocycles. The molecule has 1 aromatic rings. The number of nitrogens with two attached hydrogens (primary N) is 1. The second-order valence-corrected chi connectivity index (χ2v) is 6.47. The summed E-state index contributed by atoms with van der Waals surface area (Å²) in [6.45, 7) is 5.20. The van der Waals surface area contributed by atoms with Crippen molar-refractivity contribution in [2.24, 2.45) is 0 Å². The number of nitrogens with one attached hydrogen (secondary N) is 2. The van der Waals surface area contributed by atoms with Gasteiger partial charge in [-0.2, -0.15) is 4.72 Å². The van der Waals surface area contributed by atoms with Crippen molar-refractivity contribution in [2.45, 2.75) is 38.1 Å². The van der Waals surface area contributed by atoms with Gasteiger partial charge in [0, 0.05) is 17.8 Å². The first-order valence-electron chi connectivity index (χ1n) is 6.54. The lowest BCUT2D eigenvalue weighted by atomic mass is 10.2. The number of halogens is 1. The molecule has 0 aliphatic rings. The first-order valence-corrected chi connectivity index (χ1v) is 8.03. The summed E-state index contributed by atoms with van der Waals surface area (Å²) < 4.78 is 40.0. The number of amides is 1. The van der Waals surface area contributed by atoms with Gasteiger partial charge in [-0.1, -0.05) is 6.92 Å². The normalized spacial score (nSPS) is 13.0. The van der Waals surface area contributed by atoms with Gasteiger partial charge < -0.3 is 11.1 Å². The Labute approximate surface area is 124 Å². The lowest BCUT2D eigenvalue weighted by Gasteiger charge is -2.15. The molecular formula is C13H20FN3O3S. The summed E-state index contributed by atoms with van der Waals surface area (Å²) in [5.74, 6) is -1.15. The van der Waals surface area contributed by atoms with E-state index < -0.39 is 27.8 Å². The second kappa shape index (κ2) is 6.86. The molecular weight excluding hydrogens is 297 g/mol. The Morgan fingerprint density at radius 2 is 2.05 bits per heavy atom. The Hall–Kier alpha value is -1.67. The number of carbonyl (C=O) groups is 1. The van der Waals surface area contributed by atoms with E-state index in [2.05, 4.69) is 10.0 Å². The molecule has 8 heteroatoms. The van der Waals surface area contributed by atoms with E-state index in [1.54, 1.807) is 0 Å². The molecule has 0 aromatic heterocycles. The third-order valence-electron chi connectivity index (χ3n) is 2.94. The summed E-state index contributed by atoms with van der Waals surface area (Å²) in [6.07, 6.45) is 0.741. The predicted octanol–water partition coefficient (Wildman–Crippen LogP) is 0.909. The Morgan fingerprint density at radius 3 is 2.57 bits per heavy atom. The molecule has 0 heterocycles. The van der Waals surface area contributed by atoms with Gasteiger partial charge >= 0.3 is 0 Å². The summed E-state index contributed by atoms with van der Waals surface area (Å²) in [4.78, 5) is 11.4. The van der Waals surface area contributed by atoms with Crippen LogP contribution in [-0.2, 0) is 14.8 Å². The zero-order valence-corrected chi connectivity index (χ0v) is 13.1. The van der Waals surface area contributed by atoms with Crippen LogP contribution in [-0.4, -0.2) is 26.9 Å². The molecule has 6 nitrogen and oxygen atoms in total. The molecule has 0 saturated carbocycles. The fourth-order valence-corrected chi connectivity index (χ4v) is 2.83. The van der Waals surface area contributed by atoms with E-state index in [0.717, 1.165) is 18.6 Å². The number of rotatable bonds is 6. The minimum atomic E-state index is -4.02. The zero-order chi connectivity index (χ0) is 16.2. The Bertz CT molecular complexity index is 609. The third-order valence-corrected chi connectivity index (χ3v) is 4.46. The van der Waals surface area contributed by atoms with Crippen molar-refractivity contribution < 1.29 is 17.6 Å². The molecule has 0 aliphatic carbocycles. The van der Waals surface area contributed by atoms with Crippen LogP contribution in [0.2, 0.25) is 0 Å². The van der Waals surface area contributed by atoms with E-state index >= 15 is 0 Å². The highest BCUT2D eigenvalue weighted by Crippen LogP contribution is 2.21. The molecule has 1 unspecified atom stereocenters. The van der Waals surface area contributed by atoms with Gasteiger partial charge in [-0.05, 0) is 32.4 Å². The van der Waals surface area contributed by atoms with Gasteiger partial charge in [0.1, 0.15) is 5.82 Å². The number of hydrogen-bond acceptors (Lipinski definition) is 4. The molecule has 0 spiro atoms. The zero-order valence-electron chi connectivity index (χ0n) is 12.2. The van der Waals surface area contributed by atoms with E-state index in [9.17, 15) is 17.6 Å². The molecule has 0 radical (unpaired) electrons. The number of anilines is 1. The van der Waals surface area contributed by atoms with Crippen LogP contribution in [0.15, 0.2) is 17.0 Å². The standard InChI is InChI=1S/C13H20FN3O3S/c1-4-5-16-13(18)9(3)17-21(19,20)10-6-11(14)8(2)12(15)7-10/h6-7,9,17H,4-5,15H2,1-3H3,(H,16,18). The van der Waals surface area contributed by atoms with E-state index in [-0.39, 0.29) is 16.1 Å². The van der Waals surface area contributed by atoms with Gasteiger partial charge in [-0.25, -0.2) is 12.8 Å². The van der Waals surface area contributed by atoms with Crippen LogP contribution in [0.5, 0.6) is 0 Å². The minimum Gasteiger partial charge on any atom is -0.398 e.